The van der Waals surface area contributed by atoms with Crippen molar-refractivity contribution in [2.24, 2.45) is 4.99 Å². The molecule has 2 fully saturated rings. The molecule has 3 unspecified atom stereocenters. The molecule has 0 radical (unpaired) electrons. The van der Waals surface area contributed by atoms with Gasteiger partial charge in [0.05, 0.1) is 24.9 Å². The van der Waals surface area contributed by atoms with Crippen LogP contribution in [0.4, 0.5) is 0 Å². The van der Waals surface area contributed by atoms with Gasteiger partial charge in [-0.2, -0.15) is 0 Å². The normalized spacial score (nSPS) is 27.1. The number of nitrogens with one attached hydrogen (secondary N) is 2. The lowest BCUT2D eigenvalue weighted by atomic mass is 9.96. The van der Waals surface area contributed by atoms with Crippen LogP contribution in [0.2, 0.25) is 0 Å². The Morgan fingerprint density at radius 2 is 2.24 bits per heavy atom. The highest BCUT2D eigenvalue weighted by Gasteiger charge is 2.41. The van der Waals surface area contributed by atoms with Crippen LogP contribution >= 0.6 is 24.0 Å². The van der Waals surface area contributed by atoms with Crippen molar-refractivity contribution in [2.75, 3.05) is 20.2 Å². The SMILES string of the molecule is CCOC(=O)CCCNC(=NC)NC1CC2CCC1O2.I. The molecule has 0 saturated carbocycles. The van der Waals surface area contributed by atoms with Gasteiger partial charge in [-0.15, -0.1) is 24.0 Å². The molecular weight excluding hydrogens is 385 g/mol. The first-order valence-corrected chi connectivity index (χ1v) is 7.51. The second-order valence-electron chi connectivity index (χ2n) is 5.27. The van der Waals surface area contributed by atoms with E-state index < -0.39 is 0 Å². The van der Waals surface area contributed by atoms with Crippen LogP contribution in [0.15, 0.2) is 4.99 Å². The Labute approximate surface area is 143 Å². The molecule has 7 heteroatoms. The lowest BCUT2D eigenvalue weighted by Gasteiger charge is -2.22. The Morgan fingerprint density at radius 3 is 2.81 bits per heavy atom. The standard InChI is InChI=1S/C14H25N3O3.HI/c1-3-19-13(18)5-4-8-16-14(15-2)17-11-9-10-6-7-12(11)20-10;/h10-12H,3-9H2,1-2H3,(H2,15,16,17);1H. The number of guanidine groups is 1. The van der Waals surface area contributed by atoms with E-state index in [1.807, 2.05) is 6.92 Å². The molecule has 2 N–H and O–H groups in total. The zero-order chi connectivity index (χ0) is 14.4. The Hall–Kier alpha value is -0.570. The summed E-state index contributed by atoms with van der Waals surface area (Å²) in [6, 6.07) is 0.366. The molecule has 2 heterocycles. The highest BCUT2D eigenvalue weighted by atomic mass is 127. The minimum absolute atomic E-state index is 0. The maximum Gasteiger partial charge on any atom is 0.305 e. The number of fused-ring (bicyclic) bond motifs is 2. The van der Waals surface area contributed by atoms with E-state index in [0.29, 0.717) is 37.8 Å². The number of hydrogen-bond donors (Lipinski definition) is 2. The second kappa shape index (κ2) is 9.45. The number of hydrogen-bond acceptors (Lipinski definition) is 4. The predicted octanol–water partition coefficient (Wildman–Crippen LogP) is 1.43. The summed E-state index contributed by atoms with van der Waals surface area (Å²) in [7, 11) is 1.76. The van der Waals surface area contributed by atoms with Crippen molar-refractivity contribution >= 4 is 35.9 Å². The van der Waals surface area contributed by atoms with Gasteiger partial charge in [0.2, 0.25) is 0 Å². The number of esters is 1. The van der Waals surface area contributed by atoms with Gasteiger partial charge in [0.25, 0.3) is 0 Å². The van der Waals surface area contributed by atoms with E-state index in [4.69, 9.17) is 9.47 Å². The lowest BCUT2D eigenvalue weighted by Crippen LogP contribution is -2.47. The van der Waals surface area contributed by atoms with Gasteiger partial charge in [-0.1, -0.05) is 0 Å². The molecule has 2 bridgehead atoms. The van der Waals surface area contributed by atoms with E-state index in [2.05, 4.69) is 15.6 Å². The summed E-state index contributed by atoms with van der Waals surface area (Å²) in [5.74, 6) is 0.647. The molecule has 2 aliphatic heterocycles. The number of rotatable bonds is 6. The summed E-state index contributed by atoms with van der Waals surface area (Å²) in [4.78, 5) is 15.4. The zero-order valence-electron chi connectivity index (χ0n) is 12.8. The van der Waals surface area contributed by atoms with Crippen molar-refractivity contribution in [2.45, 2.75) is 57.3 Å². The van der Waals surface area contributed by atoms with Crippen LogP contribution in [0.1, 0.15) is 39.0 Å². The third kappa shape index (κ3) is 5.61. The quantitative estimate of drug-likeness (QED) is 0.228. The third-order valence-electron chi connectivity index (χ3n) is 3.81. The molecule has 2 rings (SSSR count). The van der Waals surface area contributed by atoms with Crippen LogP contribution in [-0.2, 0) is 14.3 Å². The van der Waals surface area contributed by atoms with E-state index in [1.54, 1.807) is 7.05 Å². The maximum atomic E-state index is 11.2. The van der Waals surface area contributed by atoms with Crippen LogP contribution in [-0.4, -0.2) is 50.4 Å². The molecule has 0 aromatic heterocycles. The van der Waals surface area contributed by atoms with Crippen molar-refractivity contribution in [1.29, 1.82) is 0 Å². The molecule has 6 nitrogen and oxygen atoms in total. The van der Waals surface area contributed by atoms with Gasteiger partial charge < -0.3 is 20.1 Å². The largest absolute Gasteiger partial charge is 0.466 e. The molecule has 122 valence electrons. The van der Waals surface area contributed by atoms with Gasteiger partial charge in [0.15, 0.2) is 5.96 Å². The second-order valence-corrected chi connectivity index (χ2v) is 5.27. The molecule has 3 atom stereocenters. The molecule has 0 aromatic rings. The van der Waals surface area contributed by atoms with Crippen molar-refractivity contribution in [3.63, 3.8) is 0 Å². The smallest absolute Gasteiger partial charge is 0.305 e. The van der Waals surface area contributed by atoms with Crippen LogP contribution < -0.4 is 10.6 Å². The number of carbonyl (C=O) groups is 1. The average molecular weight is 411 g/mol. The van der Waals surface area contributed by atoms with Gasteiger partial charge in [0, 0.05) is 20.0 Å². The third-order valence-corrected chi connectivity index (χ3v) is 3.81. The first-order valence-electron chi connectivity index (χ1n) is 7.51. The highest BCUT2D eigenvalue weighted by Crippen LogP contribution is 2.34. The fraction of sp³-hybridized carbons (Fsp3) is 0.857. The van der Waals surface area contributed by atoms with E-state index in [0.717, 1.165) is 25.2 Å². The summed E-state index contributed by atoms with van der Waals surface area (Å²) in [6.45, 7) is 2.97. The van der Waals surface area contributed by atoms with Crippen LogP contribution in [0.25, 0.3) is 0 Å². The fourth-order valence-corrected chi connectivity index (χ4v) is 2.83. The van der Waals surface area contributed by atoms with Crippen molar-refractivity contribution in [3.8, 4) is 0 Å². The predicted molar refractivity (Wildman–Crippen MR) is 92.1 cm³/mol. The molecule has 0 amide bonds. The minimum Gasteiger partial charge on any atom is -0.466 e. The van der Waals surface area contributed by atoms with Gasteiger partial charge in [-0.25, -0.2) is 0 Å². The van der Waals surface area contributed by atoms with Gasteiger partial charge in [0.1, 0.15) is 0 Å². The number of ether oxygens (including phenoxy) is 2. The van der Waals surface area contributed by atoms with E-state index >= 15 is 0 Å². The maximum absolute atomic E-state index is 11.2. The molecule has 2 saturated heterocycles. The first kappa shape index (κ1) is 18.5. The van der Waals surface area contributed by atoms with Gasteiger partial charge >= 0.3 is 5.97 Å². The highest BCUT2D eigenvalue weighted by molar-refractivity contribution is 14.0. The summed E-state index contributed by atoms with van der Waals surface area (Å²) >= 11 is 0. The van der Waals surface area contributed by atoms with E-state index in [-0.39, 0.29) is 29.9 Å². The minimum atomic E-state index is -0.140. The lowest BCUT2D eigenvalue weighted by molar-refractivity contribution is -0.143. The number of carbonyl (C=O) groups excluding carboxylic acids is 1. The average Bonchev–Trinajstić information content (AvgIpc) is 3.04. The molecular formula is C14H26IN3O3. The number of aliphatic imine (C=N–C) groups is 1. The number of halogens is 1. The molecule has 0 aliphatic carbocycles. The molecule has 0 aromatic carbocycles. The van der Waals surface area contributed by atoms with E-state index in [9.17, 15) is 4.79 Å². The monoisotopic (exact) mass is 411 g/mol. The van der Waals surface area contributed by atoms with Crippen molar-refractivity contribution < 1.29 is 14.3 Å². The first-order chi connectivity index (χ1) is 9.72. The van der Waals surface area contributed by atoms with E-state index in [1.165, 1.54) is 6.42 Å². The van der Waals surface area contributed by atoms with Crippen molar-refractivity contribution in [3.05, 3.63) is 0 Å². The summed E-state index contributed by atoms with van der Waals surface area (Å²) < 4.78 is 10.7. The summed E-state index contributed by atoms with van der Waals surface area (Å²) in [5, 5.41) is 6.64. The summed E-state index contributed by atoms with van der Waals surface area (Å²) in [5.41, 5.74) is 0. The van der Waals surface area contributed by atoms with Crippen LogP contribution in [0.3, 0.4) is 0 Å². The number of nitrogens with zero attached hydrogens (tertiary/aromatic N) is 1. The summed E-state index contributed by atoms with van der Waals surface area (Å²) in [6.07, 6.45) is 5.34. The van der Waals surface area contributed by atoms with Gasteiger partial charge in [-0.3, -0.25) is 9.79 Å². The molecule has 2 aliphatic rings. The fourth-order valence-electron chi connectivity index (χ4n) is 2.83. The zero-order valence-corrected chi connectivity index (χ0v) is 15.1. The molecule has 21 heavy (non-hydrogen) atoms. The topological polar surface area (TPSA) is 72.0 Å². The Morgan fingerprint density at radius 1 is 1.43 bits per heavy atom. The van der Waals surface area contributed by atoms with Crippen LogP contribution in [0, 0.1) is 0 Å². The Bertz CT molecular complexity index is 365. The molecule has 0 spiro atoms. The van der Waals surface area contributed by atoms with Gasteiger partial charge in [-0.05, 0) is 32.6 Å². The Balaban J connectivity index is 0.00000220. The van der Waals surface area contributed by atoms with Crippen molar-refractivity contribution in [1.82, 2.24) is 10.6 Å². The Kier molecular flexibility index (Phi) is 8.31. The van der Waals surface area contributed by atoms with Crippen LogP contribution in [0.5, 0.6) is 0 Å².